The van der Waals surface area contributed by atoms with E-state index in [1.54, 1.807) is 17.6 Å². The van der Waals surface area contributed by atoms with E-state index in [2.05, 4.69) is 10.1 Å². The highest BCUT2D eigenvalue weighted by molar-refractivity contribution is 5.96. The summed E-state index contributed by atoms with van der Waals surface area (Å²) in [5.74, 6) is 0.0834. The van der Waals surface area contributed by atoms with Gasteiger partial charge in [-0.2, -0.15) is 5.10 Å². The van der Waals surface area contributed by atoms with Crippen LogP contribution in [0.25, 0.3) is 33.1 Å². The van der Waals surface area contributed by atoms with Crippen LogP contribution in [0.4, 0.5) is 10.2 Å². The van der Waals surface area contributed by atoms with Crippen molar-refractivity contribution >= 4 is 22.1 Å². The van der Waals surface area contributed by atoms with Gasteiger partial charge in [0.15, 0.2) is 5.82 Å². The van der Waals surface area contributed by atoms with Gasteiger partial charge >= 0.3 is 0 Å². The Bertz CT molecular complexity index is 1700. The smallest absolute Gasteiger partial charge is 0.263 e. The zero-order valence-electron chi connectivity index (χ0n) is 19.8. The number of rotatable bonds is 4. The lowest BCUT2D eigenvalue weighted by molar-refractivity contribution is -0.0327. The summed E-state index contributed by atoms with van der Waals surface area (Å²) in [5, 5.41) is 15.3. The predicted molar refractivity (Wildman–Crippen MR) is 135 cm³/mol. The van der Waals surface area contributed by atoms with Gasteiger partial charge in [-0.1, -0.05) is 18.2 Å². The number of pyridine rings is 1. The fourth-order valence-corrected chi connectivity index (χ4v) is 5.28. The Morgan fingerprint density at radius 1 is 1.14 bits per heavy atom. The summed E-state index contributed by atoms with van der Waals surface area (Å²) in [7, 11) is 1.49. The molecule has 36 heavy (non-hydrogen) atoms. The molecule has 3 N–H and O–H groups in total. The van der Waals surface area contributed by atoms with Crippen molar-refractivity contribution in [2.75, 3.05) is 12.8 Å². The van der Waals surface area contributed by atoms with Crippen LogP contribution in [-0.4, -0.2) is 37.0 Å². The molecule has 0 amide bonds. The van der Waals surface area contributed by atoms with Crippen LogP contribution < -0.4 is 16.0 Å². The highest BCUT2D eigenvalue weighted by Gasteiger charge is 2.41. The summed E-state index contributed by atoms with van der Waals surface area (Å²) in [6.07, 6.45) is 4.04. The molecule has 1 fully saturated rings. The number of nitrogens with zero attached hydrogens (tertiary/aromatic N) is 4. The van der Waals surface area contributed by atoms with Gasteiger partial charge < -0.3 is 15.6 Å². The molecule has 0 unspecified atom stereocenters. The van der Waals surface area contributed by atoms with E-state index < -0.39 is 11.4 Å². The van der Waals surface area contributed by atoms with E-state index in [1.165, 1.54) is 30.1 Å². The third-order valence-electron chi connectivity index (χ3n) is 7.01. The van der Waals surface area contributed by atoms with Crippen LogP contribution in [0.3, 0.4) is 0 Å². The van der Waals surface area contributed by atoms with E-state index in [0.29, 0.717) is 46.1 Å². The Morgan fingerprint density at radius 2 is 1.89 bits per heavy atom. The number of hydrogen-bond acceptors (Lipinski definition) is 6. The number of halogens is 1. The lowest BCUT2D eigenvalue weighted by atomic mass is 9.70. The van der Waals surface area contributed by atoms with Crippen molar-refractivity contribution in [1.29, 1.82) is 0 Å². The summed E-state index contributed by atoms with van der Waals surface area (Å²) in [4.78, 5) is 17.7. The Morgan fingerprint density at radius 3 is 2.58 bits per heavy atom. The largest absolute Gasteiger partial charge is 0.495 e. The van der Waals surface area contributed by atoms with Crippen molar-refractivity contribution in [2.24, 2.45) is 0 Å². The molecular weight excluding hydrogens is 461 g/mol. The van der Waals surface area contributed by atoms with Crippen molar-refractivity contribution < 1.29 is 14.2 Å². The number of methoxy groups -OCH3 is 1. The van der Waals surface area contributed by atoms with Crippen LogP contribution in [0.15, 0.2) is 65.8 Å². The highest BCUT2D eigenvalue weighted by Crippen LogP contribution is 2.47. The molecule has 3 aromatic heterocycles. The van der Waals surface area contributed by atoms with Crippen LogP contribution in [0.1, 0.15) is 31.4 Å². The first-order valence-electron chi connectivity index (χ1n) is 11.6. The van der Waals surface area contributed by atoms with Gasteiger partial charge in [-0.25, -0.2) is 13.9 Å². The number of aliphatic hydroxyl groups is 1. The quantitative estimate of drug-likeness (QED) is 0.398. The molecule has 0 aliphatic heterocycles. The number of anilines is 1. The summed E-state index contributed by atoms with van der Waals surface area (Å²) >= 11 is 0. The van der Waals surface area contributed by atoms with Crippen molar-refractivity contribution in [3.63, 3.8) is 0 Å². The lowest BCUT2D eigenvalue weighted by Crippen LogP contribution is -2.39. The lowest BCUT2D eigenvalue weighted by Gasteiger charge is -2.40. The number of para-hydroxylation sites is 1. The maximum absolute atomic E-state index is 15.7. The van der Waals surface area contributed by atoms with Crippen molar-refractivity contribution in [3.8, 4) is 22.6 Å². The summed E-state index contributed by atoms with van der Waals surface area (Å²) in [6.45, 7) is 1.79. The molecular formula is C27H24FN5O3. The van der Waals surface area contributed by atoms with E-state index in [-0.39, 0.29) is 22.9 Å². The average molecular weight is 486 g/mol. The number of benzene rings is 2. The molecule has 0 atom stereocenters. The van der Waals surface area contributed by atoms with E-state index in [4.69, 9.17) is 10.5 Å². The summed E-state index contributed by atoms with van der Waals surface area (Å²) in [5.41, 5.74) is 7.82. The monoisotopic (exact) mass is 485 g/mol. The second-order valence-corrected chi connectivity index (χ2v) is 9.58. The number of nitrogens with two attached hydrogens (primary N) is 1. The zero-order valence-corrected chi connectivity index (χ0v) is 19.8. The van der Waals surface area contributed by atoms with Gasteiger partial charge in [-0.15, -0.1) is 0 Å². The van der Waals surface area contributed by atoms with Crippen LogP contribution in [0.5, 0.6) is 5.75 Å². The van der Waals surface area contributed by atoms with Crippen LogP contribution in [0, 0.1) is 5.82 Å². The van der Waals surface area contributed by atoms with Crippen LogP contribution in [-0.2, 0) is 0 Å². The Labute approximate surface area is 205 Å². The minimum Gasteiger partial charge on any atom is -0.495 e. The number of nitrogen functional groups attached to an aromatic ring is 1. The molecule has 1 aliphatic carbocycles. The molecule has 3 heterocycles. The number of aromatic nitrogens is 4. The van der Waals surface area contributed by atoms with Crippen molar-refractivity contribution in [2.45, 2.75) is 31.3 Å². The first kappa shape index (κ1) is 22.2. The topological polar surface area (TPSA) is 108 Å². The van der Waals surface area contributed by atoms with E-state index in [0.717, 1.165) is 5.69 Å². The van der Waals surface area contributed by atoms with E-state index in [9.17, 15) is 9.90 Å². The van der Waals surface area contributed by atoms with Crippen molar-refractivity contribution in [1.82, 2.24) is 19.2 Å². The highest BCUT2D eigenvalue weighted by atomic mass is 19.1. The molecule has 8 nitrogen and oxygen atoms in total. The fraction of sp³-hybridized carbons (Fsp3) is 0.222. The van der Waals surface area contributed by atoms with Gasteiger partial charge in [0.05, 0.1) is 24.3 Å². The molecule has 9 heteroatoms. The standard InChI is InChI=1S/C27H24FN5O3/c1-27(35)11-15(12-27)22-10-19(24-25(29)30-14-31-33(22)24)17-8-20-18(9-21(17)28)23(36-2)13-32(26(20)34)16-6-4-3-5-7-16/h3-10,13-15,35H,11-12H2,1-2H3,(H2,29,30,31). The minimum absolute atomic E-state index is 0.0365. The molecule has 0 bridgehead atoms. The van der Waals surface area contributed by atoms with Gasteiger partial charge in [-0.3, -0.25) is 9.36 Å². The summed E-state index contributed by atoms with van der Waals surface area (Å²) in [6, 6.07) is 13.9. The van der Waals surface area contributed by atoms with E-state index >= 15 is 4.39 Å². The molecule has 0 radical (unpaired) electrons. The first-order chi connectivity index (χ1) is 17.3. The van der Waals surface area contributed by atoms with E-state index in [1.807, 2.05) is 36.4 Å². The fourth-order valence-electron chi connectivity index (χ4n) is 5.28. The van der Waals surface area contributed by atoms with Crippen molar-refractivity contribution in [3.05, 3.63) is 82.9 Å². The number of ether oxygens (including phenoxy) is 1. The third kappa shape index (κ3) is 3.35. The molecule has 6 rings (SSSR count). The maximum atomic E-state index is 15.7. The SMILES string of the molecule is COc1cn(-c2ccccc2)c(=O)c2cc(-c3cc(C4CC(C)(O)C4)n4ncnc(N)c34)c(F)cc12. The Hall–Kier alpha value is -4.24. The third-order valence-corrected chi connectivity index (χ3v) is 7.01. The molecule has 1 saturated carbocycles. The second-order valence-electron chi connectivity index (χ2n) is 9.58. The van der Waals surface area contributed by atoms with Gasteiger partial charge in [0.1, 0.15) is 23.4 Å². The number of hydrogen-bond donors (Lipinski definition) is 2. The molecule has 1 aliphatic rings. The molecule has 0 spiro atoms. The van der Waals surface area contributed by atoms with Gasteiger partial charge in [0.25, 0.3) is 5.56 Å². The Balaban J connectivity index is 1.62. The predicted octanol–water partition coefficient (Wildman–Crippen LogP) is 4.06. The zero-order chi connectivity index (χ0) is 25.2. The number of fused-ring (bicyclic) bond motifs is 2. The summed E-state index contributed by atoms with van der Waals surface area (Å²) < 4.78 is 24.3. The van der Waals surface area contributed by atoms with Crippen LogP contribution >= 0.6 is 0 Å². The second kappa shape index (κ2) is 7.89. The normalized spacial score (nSPS) is 19.5. The first-order valence-corrected chi connectivity index (χ1v) is 11.6. The van der Waals surface area contributed by atoms with Gasteiger partial charge in [0, 0.05) is 33.8 Å². The minimum atomic E-state index is -0.749. The Kier molecular flexibility index (Phi) is 4.87. The van der Waals surface area contributed by atoms with Crippen LogP contribution in [0.2, 0.25) is 0 Å². The molecule has 5 aromatic rings. The van der Waals surface area contributed by atoms with Gasteiger partial charge in [-0.05, 0) is 50.1 Å². The maximum Gasteiger partial charge on any atom is 0.263 e. The molecule has 2 aromatic carbocycles. The van der Waals surface area contributed by atoms with Gasteiger partial charge in [0.2, 0.25) is 0 Å². The molecule has 0 saturated heterocycles. The molecule has 182 valence electrons. The average Bonchev–Trinajstić information content (AvgIpc) is 3.23.